The molecule has 0 unspecified atom stereocenters. The molecule has 0 radical (unpaired) electrons. The maximum absolute atomic E-state index is 11.3. The zero-order valence-electron chi connectivity index (χ0n) is 7.67. The number of rotatable bonds is 2. The van der Waals surface area contributed by atoms with Crippen LogP contribution in [0.25, 0.3) is 5.52 Å². The Kier molecular flexibility index (Phi) is 2.14. The number of carbonyl (C=O) groups excluding carboxylic acids is 1. The molecule has 0 aliphatic heterocycles. The van der Waals surface area contributed by atoms with E-state index in [1.807, 2.05) is 0 Å². The van der Waals surface area contributed by atoms with Crippen molar-refractivity contribution in [2.75, 3.05) is 6.61 Å². The van der Waals surface area contributed by atoms with Crippen molar-refractivity contribution in [2.45, 2.75) is 6.92 Å². The zero-order valence-corrected chi connectivity index (χ0v) is 7.67. The van der Waals surface area contributed by atoms with Gasteiger partial charge in [-0.05, 0) is 19.1 Å². The molecule has 72 valence electrons. The molecule has 2 heterocycles. The van der Waals surface area contributed by atoms with Gasteiger partial charge in [0.05, 0.1) is 23.9 Å². The first-order valence-electron chi connectivity index (χ1n) is 4.28. The third-order valence-corrected chi connectivity index (χ3v) is 1.81. The number of aromatic nitrogens is 3. The Labute approximate surface area is 80.3 Å². The van der Waals surface area contributed by atoms with E-state index in [-0.39, 0.29) is 5.97 Å². The van der Waals surface area contributed by atoms with Crippen LogP contribution in [0.15, 0.2) is 24.5 Å². The van der Waals surface area contributed by atoms with Gasteiger partial charge in [0, 0.05) is 6.20 Å². The molecular formula is C9H9N3O2. The van der Waals surface area contributed by atoms with Crippen LogP contribution in [0.3, 0.4) is 0 Å². The number of esters is 1. The lowest BCUT2D eigenvalue weighted by atomic mass is 10.2. The SMILES string of the molecule is CCOC(=O)c1ccn2nncc2c1. The van der Waals surface area contributed by atoms with Gasteiger partial charge in [-0.3, -0.25) is 0 Å². The quantitative estimate of drug-likeness (QED) is 0.662. The van der Waals surface area contributed by atoms with Gasteiger partial charge in [-0.15, -0.1) is 5.10 Å². The van der Waals surface area contributed by atoms with Gasteiger partial charge in [-0.25, -0.2) is 9.31 Å². The first-order chi connectivity index (χ1) is 6.81. The van der Waals surface area contributed by atoms with E-state index in [4.69, 9.17) is 4.74 Å². The molecule has 0 fully saturated rings. The summed E-state index contributed by atoms with van der Waals surface area (Å²) in [5.41, 5.74) is 1.29. The topological polar surface area (TPSA) is 56.5 Å². The first-order valence-corrected chi connectivity index (χ1v) is 4.28. The minimum Gasteiger partial charge on any atom is -0.462 e. The van der Waals surface area contributed by atoms with E-state index in [0.29, 0.717) is 12.2 Å². The molecule has 0 spiro atoms. The molecule has 5 nitrogen and oxygen atoms in total. The molecule has 0 saturated heterocycles. The molecule has 0 N–H and O–H groups in total. The smallest absolute Gasteiger partial charge is 0.338 e. The van der Waals surface area contributed by atoms with Crippen molar-refractivity contribution in [2.24, 2.45) is 0 Å². The van der Waals surface area contributed by atoms with Crippen molar-refractivity contribution in [3.05, 3.63) is 30.1 Å². The molecule has 0 amide bonds. The average molecular weight is 191 g/mol. The maximum Gasteiger partial charge on any atom is 0.338 e. The summed E-state index contributed by atoms with van der Waals surface area (Å²) in [7, 11) is 0. The highest BCUT2D eigenvalue weighted by Gasteiger charge is 2.06. The van der Waals surface area contributed by atoms with E-state index in [1.54, 1.807) is 36.0 Å². The lowest BCUT2D eigenvalue weighted by Crippen LogP contribution is -2.05. The molecule has 5 heteroatoms. The van der Waals surface area contributed by atoms with E-state index in [2.05, 4.69) is 10.3 Å². The fourth-order valence-electron chi connectivity index (χ4n) is 1.17. The summed E-state index contributed by atoms with van der Waals surface area (Å²) in [5, 5.41) is 7.49. The van der Waals surface area contributed by atoms with Gasteiger partial charge >= 0.3 is 5.97 Å². The molecule has 0 aliphatic rings. The molecule has 0 saturated carbocycles. The van der Waals surface area contributed by atoms with E-state index in [1.165, 1.54) is 0 Å². The number of fused-ring (bicyclic) bond motifs is 1. The number of ether oxygens (including phenoxy) is 1. The summed E-state index contributed by atoms with van der Waals surface area (Å²) in [6.45, 7) is 2.15. The van der Waals surface area contributed by atoms with Crippen LogP contribution in [0.2, 0.25) is 0 Å². The van der Waals surface area contributed by atoms with Gasteiger partial charge < -0.3 is 4.74 Å². The van der Waals surface area contributed by atoms with Crippen LogP contribution in [0.5, 0.6) is 0 Å². The summed E-state index contributed by atoms with van der Waals surface area (Å²) in [4.78, 5) is 11.3. The van der Waals surface area contributed by atoms with Crippen molar-refractivity contribution < 1.29 is 9.53 Å². The standard InChI is InChI=1S/C9H9N3O2/c1-2-14-9(13)7-3-4-12-8(5-7)6-10-11-12/h3-6H,2H2,1H3. The first kappa shape index (κ1) is 8.68. The second-order valence-electron chi connectivity index (χ2n) is 2.74. The molecule has 0 atom stereocenters. The molecule has 2 aromatic heterocycles. The minimum absolute atomic E-state index is 0.323. The second kappa shape index (κ2) is 3.45. The highest BCUT2D eigenvalue weighted by Crippen LogP contribution is 2.06. The van der Waals surface area contributed by atoms with Crippen molar-refractivity contribution in [1.82, 2.24) is 14.8 Å². The second-order valence-corrected chi connectivity index (χ2v) is 2.74. The van der Waals surface area contributed by atoms with Gasteiger partial charge in [0.2, 0.25) is 0 Å². The molecule has 2 aromatic rings. The Balaban J connectivity index is 2.38. The zero-order chi connectivity index (χ0) is 9.97. The Bertz CT molecular complexity index is 464. The number of pyridine rings is 1. The molecule has 0 aromatic carbocycles. The lowest BCUT2D eigenvalue weighted by Gasteiger charge is -2.00. The van der Waals surface area contributed by atoms with Crippen molar-refractivity contribution >= 4 is 11.5 Å². The highest BCUT2D eigenvalue weighted by atomic mass is 16.5. The number of hydrogen-bond donors (Lipinski definition) is 0. The third-order valence-electron chi connectivity index (χ3n) is 1.81. The number of nitrogens with zero attached hydrogens (tertiary/aromatic N) is 3. The van der Waals surface area contributed by atoms with E-state index < -0.39 is 0 Å². The van der Waals surface area contributed by atoms with Gasteiger partial charge in [-0.1, -0.05) is 5.21 Å². The summed E-state index contributed by atoms with van der Waals surface area (Å²) in [6.07, 6.45) is 3.26. The van der Waals surface area contributed by atoms with Crippen molar-refractivity contribution in [3.63, 3.8) is 0 Å². The van der Waals surface area contributed by atoms with Gasteiger partial charge in [0.1, 0.15) is 0 Å². The predicted octanol–water partition coefficient (Wildman–Crippen LogP) is 0.906. The largest absolute Gasteiger partial charge is 0.462 e. The average Bonchev–Trinajstić information content (AvgIpc) is 2.64. The Morgan fingerprint density at radius 3 is 3.29 bits per heavy atom. The van der Waals surface area contributed by atoms with Crippen LogP contribution in [0, 0.1) is 0 Å². The third kappa shape index (κ3) is 1.44. The van der Waals surface area contributed by atoms with Crippen molar-refractivity contribution in [3.8, 4) is 0 Å². The fraction of sp³-hybridized carbons (Fsp3) is 0.222. The van der Waals surface area contributed by atoms with Crippen LogP contribution >= 0.6 is 0 Å². The van der Waals surface area contributed by atoms with Gasteiger partial charge in [0.15, 0.2) is 0 Å². The number of hydrogen-bond acceptors (Lipinski definition) is 4. The fourth-order valence-corrected chi connectivity index (χ4v) is 1.17. The Hall–Kier alpha value is -1.91. The van der Waals surface area contributed by atoms with Gasteiger partial charge in [0.25, 0.3) is 0 Å². The molecule has 0 bridgehead atoms. The normalized spacial score (nSPS) is 10.4. The summed E-state index contributed by atoms with van der Waals surface area (Å²) >= 11 is 0. The Morgan fingerprint density at radius 1 is 1.64 bits per heavy atom. The van der Waals surface area contributed by atoms with Crippen LogP contribution in [0.4, 0.5) is 0 Å². The monoisotopic (exact) mass is 191 g/mol. The molecular weight excluding hydrogens is 182 g/mol. The van der Waals surface area contributed by atoms with Crippen LogP contribution < -0.4 is 0 Å². The molecule has 14 heavy (non-hydrogen) atoms. The van der Waals surface area contributed by atoms with Gasteiger partial charge in [-0.2, -0.15) is 0 Å². The highest BCUT2D eigenvalue weighted by molar-refractivity contribution is 5.90. The van der Waals surface area contributed by atoms with Crippen LogP contribution in [0.1, 0.15) is 17.3 Å². The molecule has 2 rings (SSSR count). The Morgan fingerprint density at radius 2 is 2.50 bits per heavy atom. The van der Waals surface area contributed by atoms with E-state index >= 15 is 0 Å². The van der Waals surface area contributed by atoms with Crippen LogP contribution in [-0.2, 0) is 4.74 Å². The molecule has 0 aliphatic carbocycles. The van der Waals surface area contributed by atoms with Crippen molar-refractivity contribution in [1.29, 1.82) is 0 Å². The number of carbonyl (C=O) groups is 1. The summed E-state index contributed by atoms with van der Waals surface area (Å²) in [6, 6.07) is 3.34. The predicted molar refractivity (Wildman–Crippen MR) is 48.9 cm³/mol. The maximum atomic E-state index is 11.3. The summed E-state index contributed by atoms with van der Waals surface area (Å²) in [5.74, 6) is -0.323. The lowest BCUT2D eigenvalue weighted by molar-refractivity contribution is 0.0526. The minimum atomic E-state index is -0.323. The van der Waals surface area contributed by atoms with Crippen LogP contribution in [-0.4, -0.2) is 27.4 Å². The van der Waals surface area contributed by atoms with E-state index in [0.717, 1.165) is 5.52 Å². The van der Waals surface area contributed by atoms with E-state index in [9.17, 15) is 4.79 Å². The summed E-state index contributed by atoms with van der Waals surface area (Å²) < 4.78 is 6.45.